The van der Waals surface area contributed by atoms with E-state index >= 15 is 0 Å². The van der Waals surface area contributed by atoms with E-state index in [0.717, 1.165) is 34.6 Å². The van der Waals surface area contributed by atoms with Gasteiger partial charge < -0.3 is 14.7 Å². The summed E-state index contributed by atoms with van der Waals surface area (Å²) in [7, 11) is 0. The largest absolute Gasteiger partial charge is 0.488 e. The van der Waals surface area contributed by atoms with Crippen molar-refractivity contribution in [2.24, 2.45) is 0 Å². The molecule has 5 nitrogen and oxygen atoms in total. The predicted octanol–water partition coefficient (Wildman–Crippen LogP) is 3.39. The van der Waals surface area contributed by atoms with Crippen molar-refractivity contribution in [3.8, 4) is 16.2 Å². The third kappa shape index (κ3) is 2.47. The van der Waals surface area contributed by atoms with E-state index in [1.807, 2.05) is 30.3 Å². The van der Waals surface area contributed by atoms with E-state index in [4.69, 9.17) is 4.74 Å². The molecule has 1 saturated heterocycles. The number of fused-ring (bicyclic) bond motifs is 3. The molecule has 6 heteroatoms. The van der Waals surface area contributed by atoms with Crippen LogP contribution in [0.3, 0.4) is 0 Å². The summed E-state index contributed by atoms with van der Waals surface area (Å²) in [6, 6.07) is 8.92. The zero-order valence-corrected chi connectivity index (χ0v) is 13.8. The number of carboxylic acids is 1. The smallest absolute Gasteiger partial charge is 0.326 e. The molecule has 1 unspecified atom stereocenters. The monoisotopic (exact) mass is 343 g/mol. The predicted molar refractivity (Wildman–Crippen MR) is 90.4 cm³/mol. The Bertz CT molecular complexity index is 813. The van der Waals surface area contributed by atoms with E-state index in [1.54, 1.807) is 0 Å². The standard InChI is InChI=1S/C18H17NO4S/c20-17(19-8-4-3-6-13(19)18(21)22)15-9-11-10-23-14-7-2-1-5-12(14)16(11)24-15/h1-2,5,7,9,13H,3-4,6,8,10H2,(H,21,22). The number of carbonyl (C=O) groups is 2. The Labute approximate surface area is 143 Å². The highest BCUT2D eigenvalue weighted by Crippen LogP contribution is 2.42. The number of benzene rings is 1. The zero-order chi connectivity index (χ0) is 16.7. The van der Waals surface area contributed by atoms with Crippen molar-refractivity contribution >= 4 is 23.2 Å². The van der Waals surface area contributed by atoms with Crippen LogP contribution in [0.15, 0.2) is 30.3 Å². The van der Waals surface area contributed by atoms with Crippen molar-refractivity contribution in [2.45, 2.75) is 31.9 Å². The first-order valence-corrected chi connectivity index (χ1v) is 8.85. The Hall–Kier alpha value is -2.34. The second kappa shape index (κ2) is 5.94. The van der Waals surface area contributed by atoms with Gasteiger partial charge in [0, 0.05) is 22.5 Å². The first kappa shape index (κ1) is 15.2. The Morgan fingerprint density at radius 3 is 2.92 bits per heavy atom. The molecular weight excluding hydrogens is 326 g/mol. The zero-order valence-electron chi connectivity index (χ0n) is 13.0. The minimum Gasteiger partial charge on any atom is -0.488 e. The number of aliphatic carboxylic acids is 1. The maximum Gasteiger partial charge on any atom is 0.326 e. The summed E-state index contributed by atoms with van der Waals surface area (Å²) >= 11 is 1.43. The summed E-state index contributed by atoms with van der Waals surface area (Å²) in [4.78, 5) is 27.5. The SMILES string of the molecule is O=C(O)C1CCCCN1C(=O)c1cc2c(s1)-c1ccccc1OC2. The highest BCUT2D eigenvalue weighted by Gasteiger charge is 2.34. The highest BCUT2D eigenvalue weighted by molar-refractivity contribution is 7.17. The molecule has 0 aliphatic carbocycles. The van der Waals surface area contributed by atoms with Crippen LogP contribution in [0.1, 0.15) is 34.5 Å². The fourth-order valence-corrected chi connectivity index (χ4v) is 4.53. The molecule has 1 amide bonds. The molecule has 124 valence electrons. The number of nitrogens with zero attached hydrogens (tertiary/aromatic N) is 1. The van der Waals surface area contributed by atoms with Crippen molar-refractivity contribution in [3.63, 3.8) is 0 Å². The summed E-state index contributed by atoms with van der Waals surface area (Å²) < 4.78 is 5.74. The fourth-order valence-electron chi connectivity index (χ4n) is 3.38. The molecule has 24 heavy (non-hydrogen) atoms. The number of carboxylic acid groups (broad SMARTS) is 1. The van der Waals surface area contributed by atoms with Crippen LogP contribution in [0.4, 0.5) is 0 Å². The van der Waals surface area contributed by atoms with Crippen molar-refractivity contribution < 1.29 is 19.4 Å². The maximum absolute atomic E-state index is 12.9. The lowest BCUT2D eigenvalue weighted by Gasteiger charge is -2.32. The third-order valence-corrected chi connectivity index (χ3v) is 5.78. The average molecular weight is 343 g/mol. The van der Waals surface area contributed by atoms with Crippen molar-refractivity contribution in [3.05, 3.63) is 40.8 Å². The van der Waals surface area contributed by atoms with E-state index in [1.165, 1.54) is 16.2 Å². The number of thiophene rings is 1. The molecule has 1 N–H and O–H groups in total. The molecule has 0 bridgehead atoms. The number of piperidine rings is 1. The average Bonchev–Trinajstić information content (AvgIpc) is 3.05. The van der Waals surface area contributed by atoms with Crippen LogP contribution < -0.4 is 4.74 Å². The van der Waals surface area contributed by atoms with Gasteiger partial charge in [-0.15, -0.1) is 11.3 Å². The first-order valence-electron chi connectivity index (χ1n) is 8.04. The number of ether oxygens (including phenoxy) is 1. The molecule has 2 aliphatic heterocycles. The van der Waals surface area contributed by atoms with Gasteiger partial charge in [-0.3, -0.25) is 4.79 Å². The molecule has 1 fully saturated rings. The Morgan fingerprint density at radius 2 is 2.08 bits per heavy atom. The number of para-hydroxylation sites is 1. The summed E-state index contributed by atoms with van der Waals surface area (Å²) in [5, 5.41) is 9.39. The van der Waals surface area contributed by atoms with Gasteiger partial charge >= 0.3 is 5.97 Å². The van der Waals surface area contributed by atoms with E-state index in [9.17, 15) is 14.7 Å². The second-order valence-electron chi connectivity index (χ2n) is 6.10. The number of amides is 1. The number of rotatable bonds is 2. The molecule has 1 aromatic carbocycles. The molecular formula is C18H17NO4S. The van der Waals surface area contributed by atoms with Gasteiger partial charge in [0.2, 0.25) is 0 Å². The van der Waals surface area contributed by atoms with Crippen molar-refractivity contribution in [1.82, 2.24) is 4.90 Å². The maximum atomic E-state index is 12.9. The highest BCUT2D eigenvalue weighted by atomic mass is 32.1. The second-order valence-corrected chi connectivity index (χ2v) is 7.15. The molecule has 0 spiro atoms. The number of likely N-dealkylation sites (tertiary alicyclic amines) is 1. The third-order valence-electron chi connectivity index (χ3n) is 4.58. The van der Waals surface area contributed by atoms with Crippen LogP contribution in [-0.2, 0) is 11.4 Å². The van der Waals surface area contributed by atoms with Crippen molar-refractivity contribution in [2.75, 3.05) is 6.54 Å². The van der Waals surface area contributed by atoms with Crippen LogP contribution in [0, 0.1) is 0 Å². The van der Waals surface area contributed by atoms with E-state index in [-0.39, 0.29) is 5.91 Å². The quantitative estimate of drug-likeness (QED) is 0.908. The van der Waals surface area contributed by atoms with E-state index < -0.39 is 12.0 Å². The molecule has 4 rings (SSSR count). The fraction of sp³-hybridized carbons (Fsp3) is 0.333. The lowest BCUT2D eigenvalue weighted by Crippen LogP contribution is -2.47. The number of carbonyl (C=O) groups excluding carboxylic acids is 1. The Morgan fingerprint density at radius 1 is 1.25 bits per heavy atom. The van der Waals surface area contributed by atoms with E-state index in [0.29, 0.717) is 24.4 Å². The van der Waals surface area contributed by atoms with E-state index in [2.05, 4.69) is 0 Å². The molecule has 1 aromatic heterocycles. The van der Waals surface area contributed by atoms with Gasteiger partial charge in [-0.1, -0.05) is 12.1 Å². The molecule has 0 radical (unpaired) electrons. The Balaban J connectivity index is 1.68. The Kier molecular flexibility index (Phi) is 3.76. The number of hydrogen-bond acceptors (Lipinski definition) is 4. The lowest BCUT2D eigenvalue weighted by molar-refractivity contribution is -0.143. The molecule has 3 heterocycles. The first-order chi connectivity index (χ1) is 11.6. The minimum absolute atomic E-state index is 0.181. The van der Waals surface area contributed by atoms with Gasteiger partial charge in [0.15, 0.2) is 0 Å². The topological polar surface area (TPSA) is 66.8 Å². The normalized spacial score (nSPS) is 19.2. The summed E-state index contributed by atoms with van der Waals surface area (Å²) in [6.07, 6.45) is 2.23. The van der Waals surface area contributed by atoms with Gasteiger partial charge in [0.25, 0.3) is 5.91 Å². The summed E-state index contributed by atoms with van der Waals surface area (Å²) in [5.74, 6) is -0.274. The molecule has 0 saturated carbocycles. The summed E-state index contributed by atoms with van der Waals surface area (Å²) in [5.41, 5.74) is 1.99. The van der Waals surface area contributed by atoms with Crippen LogP contribution in [0.2, 0.25) is 0 Å². The van der Waals surface area contributed by atoms with Gasteiger partial charge in [-0.05, 0) is 37.5 Å². The van der Waals surface area contributed by atoms with Gasteiger partial charge in [0.1, 0.15) is 18.4 Å². The molecule has 2 aromatic rings. The minimum atomic E-state index is -0.918. The van der Waals surface area contributed by atoms with Crippen molar-refractivity contribution in [1.29, 1.82) is 0 Å². The van der Waals surface area contributed by atoms with Crippen LogP contribution in [0.5, 0.6) is 5.75 Å². The molecule has 1 atom stereocenters. The lowest BCUT2D eigenvalue weighted by atomic mass is 10.0. The van der Waals surface area contributed by atoms with Crippen LogP contribution in [0.25, 0.3) is 10.4 Å². The van der Waals surface area contributed by atoms with Gasteiger partial charge in [0.05, 0.1) is 4.88 Å². The summed E-state index contributed by atoms with van der Waals surface area (Å²) in [6.45, 7) is 0.948. The number of hydrogen-bond donors (Lipinski definition) is 1. The van der Waals surface area contributed by atoms with Gasteiger partial charge in [-0.2, -0.15) is 0 Å². The molecule has 2 aliphatic rings. The van der Waals surface area contributed by atoms with Crippen LogP contribution >= 0.6 is 11.3 Å². The van der Waals surface area contributed by atoms with Crippen LogP contribution in [-0.4, -0.2) is 34.5 Å². The van der Waals surface area contributed by atoms with Gasteiger partial charge in [-0.25, -0.2) is 4.79 Å².